The predicted octanol–water partition coefficient (Wildman–Crippen LogP) is 4.37. The van der Waals surface area contributed by atoms with Gasteiger partial charge in [0.15, 0.2) is 22.5 Å². The quantitative estimate of drug-likeness (QED) is 0.532. The SMILES string of the molecule is CCn1c(SCC(=O)Nc2ccc(Cl)cc2)nnc1-c1ccc(OC)c(OC)c1. The van der Waals surface area contributed by atoms with Gasteiger partial charge in [0.05, 0.1) is 20.0 Å². The van der Waals surface area contributed by atoms with Crippen LogP contribution in [0.5, 0.6) is 11.5 Å². The summed E-state index contributed by atoms with van der Waals surface area (Å²) < 4.78 is 12.6. The topological polar surface area (TPSA) is 78.3 Å². The van der Waals surface area contributed by atoms with E-state index in [1.807, 2.05) is 29.7 Å². The second-order valence-corrected chi connectivity index (χ2v) is 7.34. The van der Waals surface area contributed by atoms with E-state index >= 15 is 0 Å². The number of amides is 1. The van der Waals surface area contributed by atoms with Gasteiger partial charge in [-0.3, -0.25) is 4.79 Å². The number of anilines is 1. The van der Waals surface area contributed by atoms with E-state index in [4.69, 9.17) is 21.1 Å². The summed E-state index contributed by atoms with van der Waals surface area (Å²) in [6, 6.07) is 12.6. The number of thioether (sulfide) groups is 1. The maximum atomic E-state index is 12.2. The van der Waals surface area contributed by atoms with Gasteiger partial charge in [-0.25, -0.2) is 0 Å². The first-order valence-corrected chi connectivity index (χ1v) is 10.3. The number of carbonyl (C=O) groups is 1. The fourth-order valence-electron chi connectivity index (χ4n) is 2.73. The lowest BCUT2D eigenvalue weighted by Gasteiger charge is -2.11. The van der Waals surface area contributed by atoms with Crippen LogP contribution in [-0.2, 0) is 11.3 Å². The molecule has 0 saturated heterocycles. The first-order chi connectivity index (χ1) is 14.0. The fraction of sp³-hybridized carbons (Fsp3) is 0.250. The van der Waals surface area contributed by atoms with Crippen molar-refractivity contribution >= 4 is 35.0 Å². The number of ether oxygens (including phenoxy) is 2. The fourth-order valence-corrected chi connectivity index (χ4v) is 3.66. The molecule has 0 fully saturated rings. The minimum atomic E-state index is -0.129. The summed E-state index contributed by atoms with van der Waals surface area (Å²) in [5.41, 5.74) is 1.55. The molecule has 152 valence electrons. The Balaban J connectivity index is 1.72. The molecule has 1 N–H and O–H groups in total. The van der Waals surface area contributed by atoms with E-state index in [2.05, 4.69) is 15.5 Å². The number of carbonyl (C=O) groups excluding carboxylic acids is 1. The van der Waals surface area contributed by atoms with Gasteiger partial charge < -0.3 is 19.4 Å². The molecule has 7 nitrogen and oxygen atoms in total. The highest BCUT2D eigenvalue weighted by molar-refractivity contribution is 7.99. The average Bonchev–Trinajstić information content (AvgIpc) is 3.16. The second kappa shape index (κ2) is 9.67. The Bertz CT molecular complexity index is 992. The van der Waals surface area contributed by atoms with Crippen molar-refractivity contribution in [3.63, 3.8) is 0 Å². The van der Waals surface area contributed by atoms with Crippen molar-refractivity contribution in [1.29, 1.82) is 0 Å². The number of benzene rings is 2. The van der Waals surface area contributed by atoms with Gasteiger partial charge in [-0.15, -0.1) is 10.2 Å². The molecule has 0 spiro atoms. The molecule has 0 unspecified atom stereocenters. The standard InChI is InChI=1S/C20H21ClN4O3S/c1-4-25-19(13-5-10-16(27-2)17(11-13)28-3)23-24-20(25)29-12-18(26)22-15-8-6-14(21)7-9-15/h5-11H,4,12H2,1-3H3,(H,22,26). The first-order valence-electron chi connectivity index (χ1n) is 8.89. The Kier molecular flexibility index (Phi) is 7.00. The third-order valence-corrected chi connectivity index (χ3v) is 5.35. The lowest BCUT2D eigenvalue weighted by Crippen LogP contribution is -2.14. The molecule has 0 saturated carbocycles. The summed E-state index contributed by atoms with van der Waals surface area (Å²) in [6.07, 6.45) is 0. The minimum absolute atomic E-state index is 0.129. The molecule has 29 heavy (non-hydrogen) atoms. The zero-order chi connectivity index (χ0) is 20.8. The monoisotopic (exact) mass is 432 g/mol. The van der Waals surface area contributed by atoms with Crippen molar-refractivity contribution in [2.75, 3.05) is 25.3 Å². The molecule has 0 aliphatic heterocycles. The van der Waals surface area contributed by atoms with Gasteiger partial charge in [-0.2, -0.15) is 0 Å². The molecular formula is C20H21ClN4O3S. The highest BCUT2D eigenvalue weighted by Gasteiger charge is 2.16. The van der Waals surface area contributed by atoms with Crippen LogP contribution >= 0.6 is 23.4 Å². The van der Waals surface area contributed by atoms with Crippen LogP contribution in [-0.4, -0.2) is 40.6 Å². The van der Waals surface area contributed by atoms with Gasteiger partial charge in [0, 0.05) is 22.8 Å². The molecule has 0 bridgehead atoms. The molecule has 1 aromatic heterocycles. The van der Waals surface area contributed by atoms with E-state index in [-0.39, 0.29) is 11.7 Å². The van der Waals surface area contributed by atoms with Crippen molar-refractivity contribution in [1.82, 2.24) is 14.8 Å². The molecule has 3 rings (SSSR count). The summed E-state index contributed by atoms with van der Waals surface area (Å²) in [5.74, 6) is 2.05. The summed E-state index contributed by atoms with van der Waals surface area (Å²) >= 11 is 7.19. The number of nitrogens with zero attached hydrogens (tertiary/aromatic N) is 3. The maximum Gasteiger partial charge on any atom is 0.234 e. The summed E-state index contributed by atoms with van der Waals surface area (Å²) in [4.78, 5) is 12.2. The largest absolute Gasteiger partial charge is 0.493 e. The highest BCUT2D eigenvalue weighted by atomic mass is 35.5. The van der Waals surface area contributed by atoms with Gasteiger partial charge in [0.1, 0.15) is 0 Å². The van der Waals surface area contributed by atoms with Crippen LogP contribution in [0.25, 0.3) is 11.4 Å². The van der Waals surface area contributed by atoms with E-state index in [1.54, 1.807) is 38.5 Å². The van der Waals surface area contributed by atoms with Crippen LogP contribution in [0.4, 0.5) is 5.69 Å². The van der Waals surface area contributed by atoms with Gasteiger partial charge in [0.2, 0.25) is 5.91 Å². The normalized spacial score (nSPS) is 10.6. The number of hydrogen-bond donors (Lipinski definition) is 1. The Hall–Kier alpha value is -2.71. The molecule has 0 atom stereocenters. The number of aromatic nitrogens is 3. The zero-order valence-corrected chi connectivity index (χ0v) is 17.9. The molecule has 3 aromatic rings. The molecule has 0 aliphatic carbocycles. The van der Waals surface area contributed by atoms with E-state index in [0.29, 0.717) is 39.7 Å². The van der Waals surface area contributed by atoms with Crippen LogP contribution in [0.2, 0.25) is 5.02 Å². The molecule has 0 radical (unpaired) electrons. The zero-order valence-electron chi connectivity index (χ0n) is 16.3. The predicted molar refractivity (Wildman–Crippen MR) is 115 cm³/mol. The van der Waals surface area contributed by atoms with E-state index < -0.39 is 0 Å². The van der Waals surface area contributed by atoms with Gasteiger partial charge in [-0.05, 0) is 49.4 Å². The Morgan fingerprint density at radius 3 is 2.48 bits per heavy atom. The van der Waals surface area contributed by atoms with Gasteiger partial charge in [0.25, 0.3) is 0 Å². The Morgan fingerprint density at radius 1 is 1.10 bits per heavy atom. The van der Waals surface area contributed by atoms with Crippen LogP contribution in [0.3, 0.4) is 0 Å². The van der Waals surface area contributed by atoms with Gasteiger partial charge in [-0.1, -0.05) is 23.4 Å². The minimum Gasteiger partial charge on any atom is -0.493 e. The lowest BCUT2D eigenvalue weighted by molar-refractivity contribution is -0.113. The van der Waals surface area contributed by atoms with Crippen LogP contribution in [0.15, 0.2) is 47.6 Å². The molecule has 0 aliphatic rings. The molecule has 2 aromatic carbocycles. The third-order valence-electron chi connectivity index (χ3n) is 4.14. The molecule has 1 heterocycles. The number of rotatable bonds is 8. The molecule has 1 amide bonds. The second-order valence-electron chi connectivity index (χ2n) is 5.96. The molecular weight excluding hydrogens is 412 g/mol. The van der Waals surface area contributed by atoms with Crippen molar-refractivity contribution < 1.29 is 14.3 Å². The van der Waals surface area contributed by atoms with Crippen LogP contribution < -0.4 is 14.8 Å². The van der Waals surface area contributed by atoms with E-state index in [0.717, 1.165) is 5.56 Å². The van der Waals surface area contributed by atoms with Crippen molar-refractivity contribution in [3.8, 4) is 22.9 Å². The van der Waals surface area contributed by atoms with E-state index in [9.17, 15) is 4.79 Å². The number of hydrogen-bond acceptors (Lipinski definition) is 6. The Labute approximate surface area is 178 Å². The first kappa shape index (κ1) is 21.0. The highest BCUT2D eigenvalue weighted by Crippen LogP contribution is 2.32. The van der Waals surface area contributed by atoms with Gasteiger partial charge >= 0.3 is 0 Å². The summed E-state index contributed by atoms with van der Waals surface area (Å²) in [7, 11) is 3.18. The lowest BCUT2D eigenvalue weighted by atomic mass is 10.2. The average molecular weight is 433 g/mol. The van der Waals surface area contributed by atoms with Crippen molar-refractivity contribution in [3.05, 3.63) is 47.5 Å². The smallest absolute Gasteiger partial charge is 0.234 e. The van der Waals surface area contributed by atoms with Crippen molar-refractivity contribution in [2.45, 2.75) is 18.6 Å². The van der Waals surface area contributed by atoms with Crippen molar-refractivity contribution in [2.24, 2.45) is 0 Å². The maximum absolute atomic E-state index is 12.2. The Morgan fingerprint density at radius 2 is 1.83 bits per heavy atom. The number of nitrogens with one attached hydrogen (secondary N) is 1. The van der Waals surface area contributed by atoms with E-state index in [1.165, 1.54) is 11.8 Å². The number of methoxy groups -OCH3 is 2. The van der Waals surface area contributed by atoms with Crippen LogP contribution in [0.1, 0.15) is 6.92 Å². The summed E-state index contributed by atoms with van der Waals surface area (Å²) in [6.45, 7) is 2.67. The number of halogens is 1. The van der Waals surface area contributed by atoms with Crippen LogP contribution in [0, 0.1) is 0 Å². The summed E-state index contributed by atoms with van der Waals surface area (Å²) in [5, 5.41) is 12.7. The third kappa shape index (κ3) is 5.02. The molecule has 9 heteroatoms.